The Labute approximate surface area is 97.2 Å². The Bertz CT molecular complexity index is 466. The van der Waals surface area contributed by atoms with E-state index in [1.807, 2.05) is 17.7 Å². The molecule has 2 aromatic heterocycles. The Morgan fingerprint density at radius 1 is 1.56 bits per heavy atom. The van der Waals surface area contributed by atoms with Crippen molar-refractivity contribution in [2.24, 2.45) is 5.73 Å². The summed E-state index contributed by atoms with van der Waals surface area (Å²) in [5.74, 6) is 0.989. The third-order valence-electron chi connectivity index (χ3n) is 2.21. The molecular weight excluding hydrogens is 226 g/mol. The number of nitrogens with zero attached hydrogens (tertiary/aromatic N) is 2. The van der Waals surface area contributed by atoms with Gasteiger partial charge in [0, 0.05) is 12.5 Å². The first-order valence-corrected chi connectivity index (χ1v) is 5.78. The van der Waals surface area contributed by atoms with Crippen molar-refractivity contribution in [2.75, 3.05) is 13.7 Å². The molecule has 16 heavy (non-hydrogen) atoms. The molecule has 0 aliphatic heterocycles. The summed E-state index contributed by atoms with van der Waals surface area (Å²) in [4.78, 5) is 4.26. The number of methoxy groups -OCH3 is 1. The molecule has 5 nitrogen and oxygen atoms in total. The number of nitrogens with two attached hydrogens (primary N) is 1. The van der Waals surface area contributed by atoms with Gasteiger partial charge in [0.1, 0.15) is 0 Å². The zero-order chi connectivity index (χ0) is 11.5. The van der Waals surface area contributed by atoms with Gasteiger partial charge in [-0.2, -0.15) is 16.3 Å². The molecule has 2 aromatic rings. The van der Waals surface area contributed by atoms with Crippen LogP contribution in [0.15, 0.2) is 15.3 Å². The Morgan fingerprint density at radius 3 is 3.00 bits per heavy atom. The summed E-state index contributed by atoms with van der Waals surface area (Å²) < 4.78 is 10.1. The third kappa shape index (κ3) is 2.13. The van der Waals surface area contributed by atoms with Crippen molar-refractivity contribution >= 4 is 11.3 Å². The van der Waals surface area contributed by atoms with Gasteiger partial charge in [-0.15, -0.1) is 0 Å². The Morgan fingerprint density at radius 2 is 2.38 bits per heavy atom. The highest BCUT2D eigenvalue weighted by molar-refractivity contribution is 7.08. The maximum absolute atomic E-state index is 5.80. The van der Waals surface area contributed by atoms with E-state index in [1.165, 1.54) is 0 Å². The molecule has 0 aromatic carbocycles. The molecule has 0 spiro atoms. The van der Waals surface area contributed by atoms with Crippen molar-refractivity contribution < 1.29 is 9.26 Å². The second-order valence-electron chi connectivity index (χ2n) is 3.49. The van der Waals surface area contributed by atoms with E-state index < -0.39 is 0 Å². The Balaban J connectivity index is 2.23. The van der Waals surface area contributed by atoms with Gasteiger partial charge in [0.15, 0.2) is 5.82 Å². The predicted molar refractivity (Wildman–Crippen MR) is 61.2 cm³/mol. The fourth-order valence-corrected chi connectivity index (χ4v) is 2.15. The van der Waals surface area contributed by atoms with Crippen molar-refractivity contribution in [3.63, 3.8) is 0 Å². The van der Waals surface area contributed by atoms with Crippen LogP contribution in [-0.2, 0) is 4.74 Å². The number of thiophene rings is 1. The van der Waals surface area contributed by atoms with E-state index in [9.17, 15) is 0 Å². The van der Waals surface area contributed by atoms with Crippen LogP contribution in [0.2, 0.25) is 0 Å². The van der Waals surface area contributed by atoms with Gasteiger partial charge in [-0.3, -0.25) is 0 Å². The molecule has 0 bridgehead atoms. The van der Waals surface area contributed by atoms with Gasteiger partial charge in [0.25, 0.3) is 5.89 Å². The van der Waals surface area contributed by atoms with Gasteiger partial charge in [-0.1, -0.05) is 5.16 Å². The molecule has 0 aliphatic rings. The minimum atomic E-state index is -0.346. The second-order valence-corrected chi connectivity index (χ2v) is 4.23. The molecule has 0 saturated carbocycles. The molecule has 2 N–H and O–H groups in total. The smallest absolute Gasteiger partial charge is 0.259 e. The van der Waals surface area contributed by atoms with Crippen LogP contribution >= 0.6 is 11.3 Å². The summed E-state index contributed by atoms with van der Waals surface area (Å²) >= 11 is 1.61. The molecule has 6 heteroatoms. The van der Waals surface area contributed by atoms with Gasteiger partial charge in [0.2, 0.25) is 0 Å². The first-order valence-electron chi connectivity index (χ1n) is 4.83. The lowest BCUT2D eigenvalue weighted by atomic mass is 10.2. The number of hydrogen-bond acceptors (Lipinski definition) is 6. The molecule has 86 valence electrons. The van der Waals surface area contributed by atoms with Gasteiger partial charge in [0.05, 0.1) is 18.2 Å². The minimum Gasteiger partial charge on any atom is -0.383 e. The SMILES string of the molecule is COCC(N)c1noc(-c2cscc2C)n1. The lowest BCUT2D eigenvalue weighted by molar-refractivity contribution is 0.177. The van der Waals surface area contributed by atoms with Crippen molar-refractivity contribution in [3.8, 4) is 11.5 Å². The van der Waals surface area contributed by atoms with Gasteiger partial charge < -0.3 is 15.0 Å². The summed E-state index contributed by atoms with van der Waals surface area (Å²) in [6, 6.07) is -0.346. The van der Waals surface area contributed by atoms with Gasteiger partial charge in [-0.05, 0) is 17.9 Å². The van der Waals surface area contributed by atoms with Crippen molar-refractivity contribution in [1.82, 2.24) is 10.1 Å². The summed E-state index contributed by atoms with van der Waals surface area (Å²) in [5.41, 5.74) is 7.89. The molecule has 0 aliphatic carbocycles. The fraction of sp³-hybridized carbons (Fsp3) is 0.400. The van der Waals surface area contributed by atoms with Crippen molar-refractivity contribution in [1.29, 1.82) is 0 Å². The number of aryl methyl sites for hydroxylation is 1. The number of rotatable bonds is 4. The van der Waals surface area contributed by atoms with Crippen LogP contribution in [0.3, 0.4) is 0 Å². The van der Waals surface area contributed by atoms with E-state index in [2.05, 4.69) is 10.1 Å². The van der Waals surface area contributed by atoms with Crippen molar-refractivity contribution in [2.45, 2.75) is 13.0 Å². The topological polar surface area (TPSA) is 74.2 Å². The summed E-state index contributed by atoms with van der Waals surface area (Å²) in [6.45, 7) is 2.38. The highest BCUT2D eigenvalue weighted by atomic mass is 32.1. The Hall–Kier alpha value is -1.24. The monoisotopic (exact) mass is 239 g/mol. The van der Waals surface area contributed by atoms with E-state index in [1.54, 1.807) is 18.4 Å². The highest BCUT2D eigenvalue weighted by Crippen LogP contribution is 2.25. The lowest BCUT2D eigenvalue weighted by Crippen LogP contribution is -2.17. The molecule has 2 rings (SSSR count). The highest BCUT2D eigenvalue weighted by Gasteiger charge is 2.16. The van der Waals surface area contributed by atoms with E-state index in [0.29, 0.717) is 18.3 Å². The predicted octanol–water partition coefficient (Wildman–Crippen LogP) is 1.75. The third-order valence-corrected chi connectivity index (χ3v) is 3.07. The molecule has 0 amide bonds. The van der Waals surface area contributed by atoms with Crippen LogP contribution in [0.1, 0.15) is 17.4 Å². The Kier molecular flexibility index (Phi) is 3.33. The van der Waals surface area contributed by atoms with Crippen LogP contribution in [-0.4, -0.2) is 23.9 Å². The average molecular weight is 239 g/mol. The van der Waals surface area contributed by atoms with Crippen molar-refractivity contribution in [3.05, 3.63) is 22.1 Å². The maximum Gasteiger partial charge on any atom is 0.259 e. The summed E-state index contributed by atoms with van der Waals surface area (Å²) in [6.07, 6.45) is 0. The second kappa shape index (κ2) is 4.73. The van der Waals surface area contributed by atoms with E-state index >= 15 is 0 Å². The summed E-state index contributed by atoms with van der Waals surface area (Å²) in [5, 5.41) is 7.86. The van der Waals surface area contributed by atoms with Gasteiger partial charge in [-0.25, -0.2) is 0 Å². The molecule has 0 saturated heterocycles. The zero-order valence-corrected chi connectivity index (χ0v) is 9.95. The number of ether oxygens (including phenoxy) is 1. The number of aromatic nitrogens is 2. The van der Waals surface area contributed by atoms with E-state index in [-0.39, 0.29) is 6.04 Å². The lowest BCUT2D eigenvalue weighted by Gasteiger charge is -2.03. The van der Waals surface area contributed by atoms with Crippen LogP contribution in [0, 0.1) is 6.92 Å². The molecule has 0 fully saturated rings. The average Bonchev–Trinajstić information content (AvgIpc) is 2.86. The van der Waals surface area contributed by atoms with E-state index in [4.69, 9.17) is 15.0 Å². The quantitative estimate of drug-likeness (QED) is 0.879. The molecule has 0 radical (unpaired) electrons. The zero-order valence-electron chi connectivity index (χ0n) is 9.14. The normalized spacial score (nSPS) is 12.9. The summed E-state index contributed by atoms with van der Waals surface area (Å²) in [7, 11) is 1.59. The fourth-order valence-electron chi connectivity index (χ4n) is 1.33. The molecular formula is C10H13N3O2S. The first kappa shape index (κ1) is 11.3. The number of hydrogen-bond donors (Lipinski definition) is 1. The van der Waals surface area contributed by atoms with Crippen LogP contribution in [0.5, 0.6) is 0 Å². The van der Waals surface area contributed by atoms with Crippen LogP contribution < -0.4 is 5.73 Å². The largest absolute Gasteiger partial charge is 0.383 e. The maximum atomic E-state index is 5.80. The molecule has 1 unspecified atom stereocenters. The van der Waals surface area contributed by atoms with E-state index in [0.717, 1.165) is 11.1 Å². The molecule has 2 heterocycles. The minimum absolute atomic E-state index is 0.346. The van der Waals surface area contributed by atoms with Crippen LogP contribution in [0.4, 0.5) is 0 Å². The van der Waals surface area contributed by atoms with Gasteiger partial charge >= 0.3 is 0 Å². The molecule has 1 atom stereocenters. The van der Waals surface area contributed by atoms with Crippen LogP contribution in [0.25, 0.3) is 11.5 Å². The standard InChI is InChI=1S/C10H13N3O2S/c1-6-4-16-5-7(6)10-12-9(13-15-10)8(11)3-14-2/h4-5,8H,3,11H2,1-2H3. The first-order chi connectivity index (χ1) is 7.72.